The van der Waals surface area contributed by atoms with E-state index in [1.165, 1.54) is 45.4 Å². The molecule has 1 atom stereocenters. The molecule has 2 nitrogen and oxygen atoms in total. The van der Waals surface area contributed by atoms with E-state index in [0.717, 1.165) is 6.04 Å². The van der Waals surface area contributed by atoms with Crippen LogP contribution in [0.15, 0.2) is 24.3 Å². The molecule has 0 N–H and O–H groups in total. The van der Waals surface area contributed by atoms with E-state index in [-0.39, 0.29) is 0 Å². The fourth-order valence-corrected chi connectivity index (χ4v) is 3.18. The van der Waals surface area contributed by atoms with Crippen molar-refractivity contribution in [2.24, 2.45) is 0 Å². The second kappa shape index (κ2) is 4.79. The van der Waals surface area contributed by atoms with Crippen LogP contribution in [0, 0.1) is 0 Å². The van der Waals surface area contributed by atoms with Crippen molar-refractivity contribution in [2.45, 2.75) is 25.3 Å². The summed E-state index contributed by atoms with van der Waals surface area (Å²) in [7, 11) is 2.23. The molecule has 1 aliphatic carbocycles. The van der Waals surface area contributed by atoms with Gasteiger partial charge in [-0.15, -0.1) is 0 Å². The summed E-state index contributed by atoms with van der Waals surface area (Å²) < 4.78 is 0. The highest BCUT2D eigenvalue weighted by Gasteiger charge is 2.25. The van der Waals surface area contributed by atoms with Gasteiger partial charge in [-0.2, -0.15) is 0 Å². The van der Waals surface area contributed by atoms with Gasteiger partial charge in [0, 0.05) is 32.2 Å². The molecule has 2 aliphatic rings. The van der Waals surface area contributed by atoms with E-state index >= 15 is 0 Å². The zero-order chi connectivity index (χ0) is 11.7. The summed E-state index contributed by atoms with van der Waals surface area (Å²) in [5, 5.41) is 0. The number of likely N-dealkylation sites (N-methyl/N-ethyl adjacent to an activating group) is 1. The van der Waals surface area contributed by atoms with Gasteiger partial charge in [-0.1, -0.05) is 24.3 Å². The van der Waals surface area contributed by atoms with Gasteiger partial charge in [0.05, 0.1) is 0 Å². The lowest BCUT2D eigenvalue weighted by molar-refractivity contribution is 0.104. The van der Waals surface area contributed by atoms with E-state index in [1.807, 2.05) is 0 Å². The summed E-state index contributed by atoms with van der Waals surface area (Å²) in [6, 6.07) is 9.77. The Morgan fingerprint density at radius 3 is 2.47 bits per heavy atom. The molecule has 0 saturated carbocycles. The minimum absolute atomic E-state index is 0.790. The summed E-state index contributed by atoms with van der Waals surface area (Å²) in [5.41, 5.74) is 3.17. The molecular weight excluding hydrogens is 208 g/mol. The Morgan fingerprint density at radius 1 is 1.00 bits per heavy atom. The van der Waals surface area contributed by atoms with Crippen LogP contribution < -0.4 is 0 Å². The SMILES string of the molecule is CN1CCN([C@@H]2CCc3ccccc3C2)CC1. The summed E-state index contributed by atoms with van der Waals surface area (Å²) in [4.78, 5) is 5.14. The van der Waals surface area contributed by atoms with Crippen molar-refractivity contribution in [3.05, 3.63) is 35.4 Å². The van der Waals surface area contributed by atoms with Crippen LogP contribution >= 0.6 is 0 Å². The molecule has 2 heteroatoms. The third kappa shape index (κ3) is 2.38. The predicted molar refractivity (Wildman–Crippen MR) is 71.3 cm³/mol. The lowest BCUT2D eigenvalue weighted by Crippen LogP contribution is -2.50. The Morgan fingerprint density at radius 2 is 1.71 bits per heavy atom. The van der Waals surface area contributed by atoms with E-state index < -0.39 is 0 Å². The molecule has 17 heavy (non-hydrogen) atoms. The molecule has 1 heterocycles. The fraction of sp³-hybridized carbons (Fsp3) is 0.600. The molecule has 1 fully saturated rings. The predicted octanol–water partition coefficient (Wildman–Crippen LogP) is 1.79. The molecule has 1 aromatic rings. The molecule has 0 radical (unpaired) electrons. The van der Waals surface area contributed by atoms with Gasteiger partial charge in [0.2, 0.25) is 0 Å². The molecule has 0 spiro atoms. The van der Waals surface area contributed by atoms with Gasteiger partial charge in [0.1, 0.15) is 0 Å². The number of hydrogen-bond acceptors (Lipinski definition) is 2. The normalized spacial score (nSPS) is 26.8. The number of hydrogen-bond donors (Lipinski definition) is 0. The average Bonchev–Trinajstić information content (AvgIpc) is 2.39. The third-order valence-electron chi connectivity index (χ3n) is 4.38. The smallest absolute Gasteiger partial charge is 0.0140 e. The lowest BCUT2D eigenvalue weighted by Gasteiger charge is -2.40. The van der Waals surface area contributed by atoms with Gasteiger partial charge >= 0.3 is 0 Å². The highest BCUT2D eigenvalue weighted by Crippen LogP contribution is 2.24. The zero-order valence-corrected chi connectivity index (χ0v) is 10.7. The molecule has 0 bridgehead atoms. The van der Waals surface area contributed by atoms with E-state index in [2.05, 4.69) is 41.1 Å². The van der Waals surface area contributed by atoms with E-state index in [1.54, 1.807) is 11.1 Å². The molecule has 0 aromatic heterocycles. The van der Waals surface area contributed by atoms with Gasteiger partial charge < -0.3 is 4.90 Å². The Kier molecular flexibility index (Phi) is 3.17. The maximum Gasteiger partial charge on any atom is 0.0140 e. The molecule has 1 aromatic carbocycles. The first-order chi connectivity index (χ1) is 8.33. The molecule has 3 rings (SSSR count). The zero-order valence-electron chi connectivity index (χ0n) is 10.7. The monoisotopic (exact) mass is 230 g/mol. The Hall–Kier alpha value is -0.860. The number of rotatable bonds is 1. The van der Waals surface area contributed by atoms with Crippen LogP contribution in [0.5, 0.6) is 0 Å². The number of aryl methyl sites for hydroxylation is 1. The molecule has 1 saturated heterocycles. The van der Waals surface area contributed by atoms with Crippen LogP contribution in [-0.4, -0.2) is 49.1 Å². The van der Waals surface area contributed by atoms with Crippen molar-refractivity contribution in [1.29, 1.82) is 0 Å². The van der Waals surface area contributed by atoms with Crippen LogP contribution in [-0.2, 0) is 12.8 Å². The van der Waals surface area contributed by atoms with Crippen molar-refractivity contribution in [3.8, 4) is 0 Å². The van der Waals surface area contributed by atoms with Gasteiger partial charge in [0.25, 0.3) is 0 Å². The number of fused-ring (bicyclic) bond motifs is 1. The Balaban J connectivity index is 1.68. The lowest BCUT2D eigenvalue weighted by atomic mass is 9.87. The minimum atomic E-state index is 0.790. The van der Waals surface area contributed by atoms with Crippen molar-refractivity contribution in [3.63, 3.8) is 0 Å². The van der Waals surface area contributed by atoms with Crippen LogP contribution in [0.1, 0.15) is 17.5 Å². The summed E-state index contributed by atoms with van der Waals surface area (Å²) in [6.45, 7) is 4.98. The highest BCUT2D eigenvalue weighted by atomic mass is 15.3. The first-order valence-electron chi connectivity index (χ1n) is 6.82. The van der Waals surface area contributed by atoms with E-state index in [9.17, 15) is 0 Å². The topological polar surface area (TPSA) is 6.48 Å². The quantitative estimate of drug-likeness (QED) is 0.726. The first-order valence-corrected chi connectivity index (χ1v) is 6.82. The molecule has 92 valence electrons. The standard InChI is InChI=1S/C15H22N2/c1-16-8-10-17(11-9-16)15-7-6-13-4-2-3-5-14(13)12-15/h2-5,15H,6-12H2,1H3/t15-/m1/s1. The number of benzene rings is 1. The molecule has 0 unspecified atom stereocenters. The first kappa shape index (κ1) is 11.2. The largest absolute Gasteiger partial charge is 0.304 e. The number of piperazine rings is 1. The van der Waals surface area contributed by atoms with Crippen molar-refractivity contribution >= 4 is 0 Å². The Bertz CT molecular complexity index is 380. The third-order valence-corrected chi connectivity index (χ3v) is 4.38. The summed E-state index contributed by atoms with van der Waals surface area (Å²) in [6.07, 6.45) is 3.88. The summed E-state index contributed by atoms with van der Waals surface area (Å²) >= 11 is 0. The molecule has 1 aliphatic heterocycles. The van der Waals surface area contributed by atoms with Crippen LogP contribution in [0.25, 0.3) is 0 Å². The van der Waals surface area contributed by atoms with Crippen molar-refractivity contribution in [2.75, 3.05) is 33.2 Å². The fourth-order valence-electron chi connectivity index (χ4n) is 3.18. The van der Waals surface area contributed by atoms with Gasteiger partial charge in [0.15, 0.2) is 0 Å². The van der Waals surface area contributed by atoms with Crippen LogP contribution in [0.3, 0.4) is 0 Å². The van der Waals surface area contributed by atoms with Crippen molar-refractivity contribution in [1.82, 2.24) is 9.80 Å². The second-order valence-electron chi connectivity index (χ2n) is 5.50. The minimum Gasteiger partial charge on any atom is -0.304 e. The van der Waals surface area contributed by atoms with Gasteiger partial charge in [-0.3, -0.25) is 4.90 Å². The van der Waals surface area contributed by atoms with Gasteiger partial charge in [-0.05, 0) is 37.4 Å². The van der Waals surface area contributed by atoms with Gasteiger partial charge in [-0.25, -0.2) is 0 Å². The van der Waals surface area contributed by atoms with E-state index in [0.29, 0.717) is 0 Å². The summed E-state index contributed by atoms with van der Waals surface area (Å²) in [5.74, 6) is 0. The van der Waals surface area contributed by atoms with Crippen LogP contribution in [0.2, 0.25) is 0 Å². The van der Waals surface area contributed by atoms with Crippen LogP contribution in [0.4, 0.5) is 0 Å². The molecule has 0 amide bonds. The average molecular weight is 230 g/mol. The number of nitrogens with zero attached hydrogens (tertiary/aromatic N) is 2. The highest BCUT2D eigenvalue weighted by molar-refractivity contribution is 5.30. The molecular formula is C15H22N2. The van der Waals surface area contributed by atoms with E-state index in [4.69, 9.17) is 0 Å². The Labute approximate surface area is 104 Å². The maximum absolute atomic E-state index is 2.70. The maximum atomic E-state index is 2.70. The second-order valence-corrected chi connectivity index (χ2v) is 5.50. The van der Waals surface area contributed by atoms with Crippen molar-refractivity contribution < 1.29 is 0 Å².